The lowest BCUT2D eigenvalue weighted by Crippen LogP contribution is -2.00. The van der Waals surface area contributed by atoms with E-state index in [4.69, 9.17) is 10.8 Å². The van der Waals surface area contributed by atoms with E-state index in [9.17, 15) is 4.79 Å². The van der Waals surface area contributed by atoms with Crippen LogP contribution >= 0.6 is 0 Å². The van der Waals surface area contributed by atoms with Crippen LogP contribution in [0.2, 0.25) is 0 Å². The first-order valence-corrected chi connectivity index (χ1v) is 3.77. The lowest BCUT2D eigenvalue weighted by atomic mass is 10.0. The SMILES string of the molecule is C#CC(=O)CC(C)c1ccco1. The lowest BCUT2D eigenvalue weighted by molar-refractivity contribution is -0.114. The number of terminal acetylenes is 1. The highest BCUT2D eigenvalue weighted by Crippen LogP contribution is 2.18. The maximum absolute atomic E-state index is 10.8. The molecule has 0 spiro atoms. The third kappa shape index (κ3) is 2.00. The van der Waals surface area contributed by atoms with Crippen LogP contribution in [-0.4, -0.2) is 5.78 Å². The Hall–Kier alpha value is -1.49. The monoisotopic (exact) mass is 162 g/mol. The van der Waals surface area contributed by atoms with Gasteiger partial charge in [0.05, 0.1) is 6.26 Å². The molecule has 0 fully saturated rings. The summed E-state index contributed by atoms with van der Waals surface area (Å²) in [4.78, 5) is 10.8. The number of furan rings is 1. The second-order valence-corrected chi connectivity index (χ2v) is 2.69. The number of hydrogen-bond donors (Lipinski definition) is 0. The highest BCUT2D eigenvalue weighted by atomic mass is 16.3. The molecular weight excluding hydrogens is 152 g/mol. The van der Waals surface area contributed by atoms with Gasteiger partial charge in [0.15, 0.2) is 0 Å². The highest BCUT2D eigenvalue weighted by molar-refractivity contribution is 5.95. The van der Waals surface area contributed by atoms with Crippen molar-refractivity contribution in [3.05, 3.63) is 24.2 Å². The van der Waals surface area contributed by atoms with Crippen LogP contribution in [0.1, 0.15) is 25.0 Å². The summed E-state index contributed by atoms with van der Waals surface area (Å²) in [5.41, 5.74) is 0. The van der Waals surface area contributed by atoms with Crippen LogP contribution < -0.4 is 0 Å². The summed E-state index contributed by atoms with van der Waals surface area (Å²) in [7, 11) is 0. The van der Waals surface area contributed by atoms with Crippen LogP contribution in [0.3, 0.4) is 0 Å². The Morgan fingerprint density at radius 2 is 2.58 bits per heavy atom. The number of rotatable bonds is 3. The summed E-state index contributed by atoms with van der Waals surface area (Å²) >= 11 is 0. The van der Waals surface area contributed by atoms with Gasteiger partial charge in [-0.15, -0.1) is 6.42 Å². The van der Waals surface area contributed by atoms with E-state index in [0.29, 0.717) is 6.42 Å². The summed E-state index contributed by atoms with van der Waals surface area (Å²) in [5.74, 6) is 2.77. The van der Waals surface area contributed by atoms with Crippen LogP contribution in [-0.2, 0) is 4.79 Å². The fraction of sp³-hybridized carbons (Fsp3) is 0.300. The molecular formula is C10H10O2. The predicted octanol–water partition coefficient (Wildman–Crippen LogP) is 1.98. The minimum absolute atomic E-state index is 0.0727. The molecule has 0 aliphatic heterocycles. The van der Waals surface area contributed by atoms with Gasteiger partial charge in [0.2, 0.25) is 5.78 Å². The van der Waals surface area contributed by atoms with Gasteiger partial charge in [-0.2, -0.15) is 0 Å². The third-order valence-corrected chi connectivity index (χ3v) is 1.68. The van der Waals surface area contributed by atoms with Crippen molar-refractivity contribution in [1.82, 2.24) is 0 Å². The van der Waals surface area contributed by atoms with Crippen LogP contribution in [0.4, 0.5) is 0 Å². The predicted molar refractivity (Wildman–Crippen MR) is 45.6 cm³/mol. The molecule has 0 aliphatic carbocycles. The van der Waals surface area contributed by atoms with Gasteiger partial charge in [0.1, 0.15) is 5.76 Å². The van der Waals surface area contributed by atoms with Gasteiger partial charge in [-0.3, -0.25) is 4.79 Å². The van der Waals surface area contributed by atoms with Crippen molar-refractivity contribution < 1.29 is 9.21 Å². The Kier molecular flexibility index (Phi) is 2.71. The highest BCUT2D eigenvalue weighted by Gasteiger charge is 2.11. The molecule has 1 atom stereocenters. The molecule has 1 aromatic heterocycles. The van der Waals surface area contributed by atoms with Crippen LogP contribution in [0, 0.1) is 12.3 Å². The van der Waals surface area contributed by atoms with E-state index >= 15 is 0 Å². The second-order valence-electron chi connectivity index (χ2n) is 2.69. The Labute approximate surface area is 71.6 Å². The zero-order valence-electron chi connectivity index (χ0n) is 6.91. The van der Waals surface area contributed by atoms with Gasteiger partial charge in [0, 0.05) is 12.3 Å². The minimum atomic E-state index is -0.182. The molecule has 0 aromatic carbocycles. The fourth-order valence-electron chi connectivity index (χ4n) is 1.01. The van der Waals surface area contributed by atoms with Gasteiger partial charge < -0.3 is 4.42 Å². The molecule has 2 heteroatoms. The number of carbonyl (C=O) groups is 1. The normalized spacial score (nSPS) is 12.0. The molecule has 0 amide bonds. The van der Waals surface area contributed by atoms with E-state index < -0.39 is 0 Å². The molecule has 12 heavy (non-hydrogen) atoms. The van der Waals surface area contributed by atoms with Gasteiger partial charge in [-0.25, -0.2) is 0 Å². The smallest absolute Gasteiger partial charge is 0.205 e. The minimum Gasteiger partial charge on any atom is -0.469 e. The van der Waals surface area contributed by atoms with Crippen molar-refractivity contribution in [3.63, 3.8) is 0 Å². The molecule has 0 aliphatic rings. The molecule has 1 heterocycles. The number of ketones is 1. The molecule has 0 bridgehead atoms. The van der Waals surface area contributed by atoms with Crippen molar-refractivity contribution in [1.29, 1.82) is 0 Å². The van der Waals surface area contributed by atoms with E-state index in [2.05, 4.69) is 5.92 Å². The summed E-state index contributed by atoms with van der Waals surface area (Å²) in [6, 6.07) is 3.64. The number of Topliss-reactive ketones (excluding diaryl/α,β-unsaturated/α-hetero) is 1. The van der Waals surface area contributed by atoms with E-state index in [-0.39, 0.29) is 11.7 Å². The van der Waals surface area contributed by atoms with Crippen LogP contribution in [0.15, 0.2) is 22.8 Å². The van der Waals surface area contributed by atoms with Gasteiger partial charge in [0.25, 0.3) is 0 Å². The van der Waals surface area contributed by atoms with E-state index in [1.165, 1.54) is 0 Å². The Morgan fingerprint density at radius 1 is 1.83 bits per heavy atom. The maximum Gasteiger partial charge on any atom is 0.205 e. The van der Waals surface area contributed by atoms with Crippen molar-refractivity contribution in [2.24, 2.45) is 0 Å². The molecule has 0 saturated heterocycles. The average molecular weight is 162 g/mol. The largest absolute Gasteiger partial charge is 0.469 e. The maximum atomic E-state index is 10.8. The average Bonchev–Trinajstić information content (AvgIpc) is 2.56. The van der Waals surface area contributed by atoms with Crippen LogP contribution in [0.25, 0.3) is 0 Å². The lowest BCUT2D eigenvalue weighted by Gasteiger charge is -2.03. The standard InChI is InChI=1S/C10H10O2/c1-3-9(11)7-8(2)10-5-4-6-12-10/h1,4-6,8H,7H2,2H3. The first-order valence-electron chi connectivity index (χ1n) is 3.77. The first-order chi connectivity index (χ1) is 5.74. The molecule has 0 radical (unpaired) electrons. The van der Waals surface area contributed by atoms with E-state index in [0.717, 1.165) is 5.76 Å². The topological polar surface area (TPSA) is 30.2 Å². The summed E-state index contributed by atoms with van der Waals surface area (Å²) in [6.45, 7) is 1.91. The summed E-state index contributed by atoms with van der Waals surface area (Å²) in [6.07, 6.45) is 6.88. The summed E-state index contributed by atoms with van der Waals surface area (Å²) < 4.78 is 5.12. The molecule has 1 rings (SSSR count). The molecule has 2 nitrogen and oxygen atoms in total. The molecule has 1 aromatic rings. The van der Waals surface area contributed by atoms with Crippen LogP contribution in [0.5, 0.6) is 0 Å². The van der Waals surface area contributed by atoms with Crippen molar-refractivity contribution in [3.8, 4) is 12.3 Å². The summed E-state index contributed by atoms with van der Waals surface area (Å²) in [5, 5.41) is 0. The van der Waals surface area contributed by atoms with Crippen molar-refractivity contribution >= 4 is 5.78 Å². The van der Waals surface area contributed by atoms with Crippen molar-refractivity contribution in [2.75, 3.05) is 0 Å². The Bertz CT molecular complexity index is 290. The number of carbonyl (C=O) groups excluding carboxylic acids is 1. The van der Waals surface area contributed by atoms with Gasteiger partial charge >= 0.3 is 0 Å². The van der Waals surface area contributed by atoms with Crippen molar-refractivity contribution in [2.45, 2.75) is 19.3 Å². The fourth-order valence-corrected chi connectivity index (χ4v) is 1.01. The zero-order valence-corrected chi connectivity index (χ0v) is 6.91. The second kappa shape index (κ2) is 3.77. The Balaban J connectivity index is 2.57. The Morgan fingerprint density at radius 3 is 3.08 bits per heavy atom. The quantitative estimate of drug-likeness (QED) is 0.502. The molecule has 1 unspecified atom stereocenters. The molecule has 62 valence electrons. The van der Waals surface area contributed by atoms with E-state index in [1.807, 2.05) is 13.0 Å². The zero-order chi connectivity index (χ0) is 8.97. The molecule has 0 N–H and O–H groups in total. The van der Waals surface area contributed by atoms with E-state index in [1.54, 1.807) is 12.3 Å². The number of hydrogen-bond acceptors (Lipinski definition) is 2. The van der Waals surface area contributed by atoms with Gasteiger partial charge in [-0.1, -0.05) is 6.92 Å². The first kappa shape index (κ1) is 8.61. The third-order valence-electron chi connectivity index (χ3n) is 1.68. The molecule has 0 saturated carbocycles. The van der Waals surface area contributed by atoms with Gasteiger partial charge in [-0.05, 0) is 18.1 Å².